The van der Waals surface area contributed by atoms with Gasteiger partial charge in [-0.3, -0.25) is 0 Å². The molecule has 0 spiro atoms. The number of benzene rings is 1. The molecule has 2 rings (SSSR count). The molecule has 0 unspecified atom stereocenters. The van der Waals surface area contributed by atoms with Crippen molar-refractivity contribution in [1.29, 1.82) is 0 Å². The number of esters is 1. The monoisotopic (exact) mass is 327 g/mol. The number of alkyl halides is 3. The van der Waals surface area contributed by atoms with Gasteiger partial charge in [0.25, 0.3) is 0 Å². The Kier molecular flexibility index (Phi) is 4.73. The first-order valence-electron chi connectivity index (χ1n) is 6.33. The van der Waals surface area contributed by atoms with Gasteiger partial charge >= 0.3 is 12.3 Å². The smallest absolute Gasteiger partial charge is 0.481 e. The molecule has 5 nitrogen and oxygen atoms in total. The lowest BCUT2D eigenvalue weighted by Crippen LogP contribution is -2.17. The van der Waals surface area contributed by atoms with Crippen LogP contribution in [-0.2, 0) is 4.74 Å². The zero-order valence-corrected chi connectivity index (χ0v) is 12.2. The van der Waals surface area contributed by atoms with Gasteiger partial charge in [0.15, 0.2) is 5.69 Å². The van der Waals surface area contributed by atoms with E-state index in [4.69, 9.17) is 4.74 Å². The Morgan fingerprint density at radius 3 is 2.48 bits per heavy atom. The minimum absolute atomic E-state index is 0.0731. The standard InChI is InChI=1S/C15H12F3NO4/c1-21-12-7-6-11(13(19-12)14(20)22-2)9-4-3-5-10(8-9)23-15(16,17)18/h3-8H,1-2H3. The fraction of sp³-hybridized carbons (Fsp3) is 0.200. The molecule has 0 bridgehead atoms. The Labute approximate surface area is 129 Å². The molecule has 0 atom stereocenters. The number of pyridine rings is 1. The second kappa shape index (κ2) is 6.55. The summed E-state index contributed by atoms with van der Waals surface area (Å²) in [4.78, 5) is 15.8. The van der Waals surface area contributed by atoms with Gasteiger partial charge in [0.2, 0.25) is 5.88 Å². The third-order valence-corrected chi connectivity index (χ3v) is 2.84. The van der Waals surface area contributed by atoms with Crippen molar-refractivity contribution < 1.29 is 32.2 Å². The molecule has 2 aromatic rings. The molecule has 0 aliphatic rings. The fourth-order valence-electron chi connectivity index (χ4n) is 1.90. The van der Waals surface area contributed by atoms with Crippen LogP contribution >= 0.6 is 0 Å². The van der Waals surface area contributed by atoms with E-state index in [2.05, 4.69) is 14.5 Å². The molecule has 0 saturated heterocycles. The van der Waals surface area contributed by atoms with E-state index < -0.39 is 18.1 Å². The van der Waals surface area contributed by atoms with E-state index in [0.29, 0.717) is 11.1 Å². The van der Waals surface area contributed by atoms with Crippen LogP contribution in [0, 0.1) is 0 Å². The molecule has 1 aromatic carbocycles. The van der Waals surface area contributed by atoms with Crippen molar-refractivity contribution >= 4 is 5.97 Å². The van der Waals surface area contributed by atoms with Crippen molar-refractivity contribution in [3.05, 3.63) is 42.1 Å². The zero-order chi connectivity index (χ0) is 17.0. The summed E-state index contributed by atoms with van der Waals surface area (Å²) in [5.41, 5.74) is 0.545. The van der Waals surface area contributed by atoms with Gasteiger partial charge in [-0.25, -0.2) is 9.78 Å². The van der Waals surface area contributed by atoms with Gasteiger partial charge in [-0.15, -0.1) is 13.2 Å². The lowest BCUT2D eigenvalue weighted by molar-refractivity contribution is -0.274. The van der Waals surface area contributed by atoms with E-state index in [1.54, 1.807) is 0 Å². The maximum Gasteiger partial charge on any atom is 0.573 e. The van der Waals surface area contributed by atoms with Crippen LogP contribution in [0.15, 0.2) is 36.4 Å². The summed E-state index contributed by atoms with van der Waals surface area (Å²) >= 11 is 0. The number of nitrogens with zero attached hydrogens (tertiary/aromatic N) is 1. The maximum absolute atomic E-state index is 12.3. The van der Waals surface area contributed by atoms with Crippen molar-refractivity contribution in [1.82, 2.24) is 4.98 Å². The first-order valence-corrected chi connectivity index (χ1v) is 6.33. The molecule has 8 heteroatoms. The van der Waals surface area contributed by atoms with Crippen molar-refractivity contribution in [3.8, 4) is 22.8 Å². The molecule has 1 heterocycles. The molecule has 1 aromatic heterocycles. The van der Waals surface area contributed by atoms with Crippen LogP contribution in [0.3, 0.4) is 0 Å². The van der Waals surface area contributed by atoms with Crippen molar-refractivity contribution in [2.75, 3.05) is 14.2 Å². The fourth-order valence-corrected chi connectivity index (χ4v) is 1.90. The maximum atomic E-state index is 12.3. The molecule has 0 radical (unpaired) electrons. The zero-order valence-electron chi connectivity index (χ0n) is 12.2. The largest absolute Gasteiger partial charge is 0.573 e. The van der Waals surface area contributed by atoms with Crippen LogP contribution in [-0.4, -0.2) is 31.5 Å². The van der Waals surface area contributed by atoms with E-state index in [0.717, 1.165) is 12.1 Å². The molecule has 0 saturated carbocycles. The summed E-state index contributed by atoms with van der Waals surface area (Å²) in [7, 11) is 2.55. The third-order valence-electron chi connectivity index (χ3n) is 2.84. The van der Waals surface area contributed by atoms with Crippen LogP contribution in [0.5, 0.6) is 11.6 Å². The second-order valence-corrected chi connectivity index (χ2v) is 4.32. The highest BCUT2D eigenvalue weighted by molar-refractivity contribution is 5.95. The predicted octanol–water partition coefficient (Wildman–Crippen LogP) is 3.44. The highest BCUT2D eigenvalue weighted by Crippen LogP contribution is 2.30. The summed E-state index contributed by atoms with van der Waals surface area (Å²) in [6.45, 7) is 0. The van der Waals surface area contributed by atoms with Crippen LogP contribution < -0.4 is 9.47 Å². The SMILES string of the molecule is COC(=O)c1nc(OC)ccc1-c1cccc(OC(F)(F)F)c1. The van der Waals surface area contributed by atoms with Gasteiger partial charge in [0.1, 0.15) is 5.75 Å². The van der Waals surface area contributed by atoms with E-state index in [9.17, 15) is 18.0 Å². The van der Waals surface area contributed by atoms with Crippen LogP contribution in [0.4, 0.5) is 13.2 Å². The molecular weight excluding hydrogens is 315 g/mol. The lowest BCUT2D eigenvalue weighted by atomic mass is 10.0. The van der Waals surface area contributed by atoms with E-state index in [1.807, 2.05) is 0 Å². The normalized spacial score (nSPS) is 11.0. The Morgan fingerprint density at radius 2 is 1.87 bits per heavy atom. The highest BCUT2D eigenvalue weighted by Gasteiger charge is 2.31. The molecule has 0 N–H and O–H groups in total. The molecule has 0 fully saturated rings. The number of hydrogen-bond acceptors (Lipinski definition) is 5. The molecule has 0 amide bonds. The van der Waals surface area contributed by atoms with Gasteiger partial charge in [0.05, 0.1) is 14.2 Å². The Bertz CT molecular complexity index is 716. The first-order chi connectivity index (χ1) is 10.8. The number of aromatic nitrogens is 1. The van der Waals surface area contributed by atoms with E-state index in [-0.39, 0.29) is 11.6 Å². The number of ether oxygens (including phenoxy) is 3. The minimum Gasteiger partial charge on any atom is -0.481 e. The number of hydrogen-bond donors (Lipinski definition) is 0. The highest BCUT2D eigenvalue weighted by atomic mass is 19.4. The summed E-state index contributed by atoms with van der Waals surface area (Å²) in [6, 6.07) is 8.21. The summed E-state index contributed by atoms with van der Waals surface area (Å²) in [5.74, 6) is -0.959. The van der Waals surface area contributed by atoms with Gasteiger partial charge in [-0.05, 0) is 23.8 Å². The quantitative estimate of drug-likeness (QED) is 0.805. The number of carbonyl (C=O) groups excluding carboxylic acids is 1. The Balaban J connectivity index is 2.49. The van der Waals surface area contributed by atoms with Crippen molar-refractivity contribution in [3.63, 3.8) is 0 Å². The minimum atomic E-state index is -4.80. The van der Waals surface area contributed by atoms with Crippen molar-refractivity contribution in [2.45, 2.75) is 6.36 Å². The average Bonchev–Trinajstić information content (AvgIpc) is 2.52. The molecule has 0 aliphatic heterocycles. The van der Waals surface area contributed by atoms with Crippen molar-refractivity contribution in [2.24, 2.45) is 0 Å². The van der Waals surface area contributed by atoms with Gasteiger partial charge < -0.3 is 14.2 Å². The number of carbonyl (C=O) groups is 1. The number of rotatable bonds is 4. The molecule has 23 heavy (non-hydrogen) atoms. The van der Waals surface area contributed by atoms with Gasteiger partial charge in [-0.2, -0.15) is 0 Å². The first kappa shape index (κ1) is 16.6. The summed E-state index contributed by atoms with van der Waals surface area (Å²) in [6.07, 6.45) is -4.80. The molecule has 0 aliphatic carbocycles. The summed E-state index contributed by atoms with van der Waals surface area (Å²) < 4.78 is 50.4. The number of halogens is 3. The lowest BCUT2D eigenvalue weighted by Gasteiger charge is -2.12. The molecular formula is C15H12F3NO4. The van der Waals surface area contributed by atoms with Crippen LogP contribution in [0.1, 0.15) is 10.5 Å². The van der Waals surface area contributed by atoms with E-state index >= 15 is 0 Å². The summed E-state index contributed by atoms with van der Waals surface area (Å²) in [5, 5.41) is 0. The topological polar surface area (TPSA) is 57.7 Å². The van der Waals surface area contributed by atoms with E-state index in [1.165, 1.54) is 38.5 Å². The third kappa shape index (κ3) is 4.12. The average molecular weight is 327 g/mol. The number of methoxy groups -OCH3 is 2. The van der Waals surface area contributed by atoms with Gasteiger partial charge in [0, 0.05) is 11.6 Å². The molecule has 122 valence electrons. The Morgan fingerprint density at radius 1 is 1.13 bits per heavy atom. The van der Waals surface area contributed by atoms with Gasteiger partial charge in [-0.1, -0.05) is 12.1 Å². The van der Waals surface area contributed by atoms with Crippen LogP contribution in [0.2, 0.25) is 0 Å². The Hall–Kier alpha value is -2.77. The predicted molar refractivity (Wildman–Crippen MR) is 74.2 cm³/mol. The van der Waals surface area contributed by atoms with Crippen LogP contribution in [0.25, 0.3) is 11.1 Å². The second-order valence-electron chi connectivity index (χ2n) is 4.32.